The Morgan fingerprint density at radius 1 is 1.33 bits per heavy atom. The molecule has 2 N–H and O–H groups in total. The first-order chi connectivity index (χ1) is 8.70. The van der Waals surface area contributed by atoms with Crippen LogP contribution in [-0.2, 0) is 11.3 Å². The maximum Gasteiger partial charge on any atom is 0.358 e. The fourth-order valence-electron chi connectivity index (χ4n) is 1.80. The molecule has 0 unspecified atom stereocenters. The second-order valence-electron chi connectivity index (χ2n) is 4.31. The number of nitrogen functional groups attached to an aromatic ring is 1. The predicted molar refractivity (Wildman–Crippen MR) is 71.4 cm³/mol. The summed E-state index contributed by atoms with van der Waals surface area (Å²) in [7, 11) is 0. The van der Waals surface area contributed by atoms with Crippen molar-refractivity contribution in [3.05, 3.63) is 11.9 Å². The smallest absolute Gasteiger partial charge is 0.358 e. The van der Waals surface area contributed by atoms with Crippen LogP contribution < -0.4 is 5.73 Å². The summed E-state index contributed by atoms with van der Waals surface area (Å²) >= 11 is 0. The Morgan fingerprint density at radius 3 is 2.72 bits per heavy atom. The number of rotatable bonds is 8. The van der Waals surface area contributed by atoms with E-state index in [2.05, 4.69) is 12.0 Å². The number of unbranched alkanes of at least 4 members (excludes halogenated alkanes) is 4. The van der Waals surface area contributed by atoms with E-state index in [1.54, 1.807) is 4.68 Å². The Balaban J connectivity index is 2.34. The van der Waals surface area contributed by atoms with Gasteiger partial charge in [-0.3, -0.25) is 4.68 Å². The highest BCUT2D eigenvalue weighted by molar-refractivity contribution is 5.93. The van der Waals surface area contributed by atoms with Gasteiger partial charge in [0.2, 0.25) is 0 Å². The van der Waals surface area contributed by atoms with Gasteiger partial charge in [0.25, 0.3) is 0 Å². The molecule has 0 atom stereocenters. The van der Waals surface area contributed by atoms with E-state index in [-0.39, 0.29) is 5.97 Å². The van der Waals surface area contributed by atoms with Gasteiger partial charge in [-0.15, -0.1) is 0 Å². The fourth-order valence-corrected chi connectivity index (χ4v) is 1.80. The number of anilines is 1. The Kier molecular flexibility index (Phi) is 6.25. The highest BCUT2D eigenvalue weighted by Crippen LogP contribution is 2.12. The van der Waals surface area contributed by atoms with E-state index in [0.717, 1.165) is 12.8 Å². The van der Waals surface area contributed by atoms with Crippen LogP contribution in [0.1, 0.15) is 56.4 Å². The van der Waals surface area contributed by atoms with Crippen molar-refractivity contribution in [3.63, 3.8) is 0 Å². The van der Waals surface area contributed by atoms with Crippen molar-refractivity contribution in [2.24, 2.45) is 0 Å². The Bertz CT molecular complexity index is 374. The van der Waals surface area contributed by atoms with Crippen LogP contribution in [0.4, 0.5) is 5.69 Å². The molecule has 0 bridgehead atoms. The predicted octanol–water partition coefficient (Wildman–Crippen LogP) is 2.61. The molecule has 1 aromatic heterocycles. The Morgan fingerprint density at radius 2 is 2.06 bits per heavy atom. The fraction of sp³-hybridized carbons (Fsp3) is 0.692. The molecule has 0 saturated heterocycles. The molecule has 5 heteroatoms. The van der Waals surface area contributed by atoms with Crippen LogP contribution >= 0.6 is 0 Å². The minimum Gasteiger partial charge on any atom is -0.461 e. The van der Waals surface area contributed by atoms with Gasteiger partial charge in [-0.1, -0.05) is 32.6 Å². The van der Waals surface area contributed by atoms with E-state index in [4.69, 9.17) is 10.5 Å². The first kappa shape index (κ1) is 14.5. The maximum atomic E-state index is 11.8. The maximum absolute atomic E-state index is 11.8. The number of hydrogen-bond acceptors (Lipinski definition) is 4. The number of carbonyl (C=O) groups is 1. The van der Waals surface area contributed by atoms with Crippen LogP contribution in [0.25, 0.3) is 0 Å². The Hall–Kier alpha value is -1.52. The van der Waals surface area contributed by atoms with E-state index in [9.17, 15) is 4.79 Å². The molecular weight excluding hydrogens is 230 g/mol. The number of ether oxygens (including phenoxy) is 1. The molecule has 0 aliphatic heterocycles. The number of carbonyl (C=O) groups excluding carboxylic acids is 1. The van der Waals surface area contributed by atoms with Gasteiger partial charge in [0, 0.05) is 6.54 Å². The first-order valence-electron chi connectivity index (χ1n) is 6.69. The van der Waals surface area contributed by atoms with Crippen LogP contribution in [0, 0.1) is 0 Å². The molecule has 0 aliphatic carbocycles. The summed E-state index contributed by atoms with van der Waals surface area (Å²) in [4.78, 5) is 11.8. The average molecular weight is 253 g/mol. The normalized spacial score (nSPS) is 10.6. The molecule has 0 aromatic carbocycles. The molecule has 1 rings (SSSR count). The van der Waals surface area contributed by atoms with Gasteiger partial charge in [-0.05, 0) is 13.3 Å². The third-order valence-electron chi connectivity index (χ3n) is 2.84. The lowest BCUT2D eigenvalue weighted by molar-refractivity contribution is 0.0485. The van der Waals surface area contributed by atoms with E-state index in [1.807, 2.05) is 6.92 Å². The SMILES string of the molecule is CCCCCCCOC(=O)c1c(N)cnn1CC. The van der Waals surface area contributed by atoms with Gasteiger partial charge in [0.1, 0.15) is 0 Å². The van der Waals surface area contributed by atoms with Crippen LogP contribution in [0.5, 0.6) is 0 Å². The molecule has 0 spiro atoms. The third-order valence-corrected chi connectivity index (χ3v) is 2.84. The number of nitrogens with zero attached hydrogens (tertiary/aromatic N) is 2. The molecule has 102 valence electrons. The zero-order chi connectivity index (χ0) is 13.4. The summed E-state index contributed by atoms with van der Waals surface area (Å²) in [5.41, 5.74) is 6.45. The van der Waals surface area contributed by atoms with Crippen molar-refractivity contribution in [1.29, 1.82) is 0 Å². The molecule has 1 heterocycles. The summed E-state index contributed by atoms with van der Waals surface area (Å²) in [5, 5.41) is 4.01. The molecular formula is C13H23N3O2. The van der Waals surface area contributed by atoms with Gasteiger partial charge in [-0.2, -0.15) is 5.10 Å². The van der Waals surface area contributed by atoms with E-state index in [0.29, 0.717) is 24.5 Å². The number of esters is 1. The van der Waals surface area contributed by atoms with E-state index < -0.39 is 0 Å². The Labute approximate surface area is 108 Å². The molecule has 0 fully saturated rings. The minimum atomic E-state index is -0.373. The summed E-state index contributed by atoms with van der Waals surface area (Å²) < 4.78 is 6.77. The second kappa shape index (κ2) is 7.74. The van der Waals surface area contributed by atoms with Crippen molar-refractivity contribution >= 4 is 11.7 Å². The number of aromatic nitrogens is 2. The molecule has 0 amide bonds. The van der Waals surface area contributed by atoms with Crippen LogP contribution in [0.3, 0.4) is 0 Å². The number of aryl methyl sites for hydroxylation is 1. The zero-order valence-corrected chi connectivity index (χ0v) is 11.3. The minimum absolute atomic E-state index is 0.367. The largest absolute Gasteiger partial charge is 0.461 e. The van der Waals surface area contributed by atoms with Crippen LogP contribution in [0.2, 0.25) is 0 Å². The number of hydrogen-bond donors (Lipinski definition) is 1. The van der Waals surface area contributed by atoms with Crippen LogP contribution in [-0.4, -0.2) is 22.4 Å². The quantitative estimate of drug-likeness (QED) is 0.571. The lowest BCUT2D eigenvalue weighted by Gasteiger charge is -2.07. The lowest BCUT2D eigenvalue weighted by Crippen LogP contribution is -2.14. The first-order valence-corrected chi connectivity index (χ1v) is 6.69. The van der Waals surface area contributed by atoms with Crippen molar-refractivity contribution in [2.75, 3.05) is 12.3 Å². The van der Waals surface area contributed by atoms with Gasteiger partial charge in [0.05, 0.1) is 18.5 Å². The molecule has 18 heavy (non-hydrogen) atoms. The van der Waals surface area contributed by atoms with Crippen molar-refractivity contribution in [1.82, 2.24) is 9.78 Å². The summed E-state index contributed by atoms with van der Waals surface area (Å²) in [6.45, 7) is 5.15. The van der Waals surface area contributed by atoms with Crippen molar-refractivity contribution in [3.8, 4) is 0 Å². The zero-order valence-electron chi connectivity index (χ0n) is 11.3. The highest BCUT2D eigenvalue weighted by Gasteiger charge is 2.17. The van der Waals surface area contributed by atoms with Crippen molar-refractivity contribution in [2.45, 2.75) is 52.5 Å². The van der Waals surface area contributed by atoms with E-state index >= 15 is 0 Å². The molecule has 0 radical (unpaired) electrons. The number of nitrogens with two attached hydrogens (primary N) is 1. The topological polar surface area (TPSA) is 70.1 Å². The highest BCUT2D eigenvalue weighted by atomic mass is 16.5. The standard InChI is InChI=1S/C13H23N3O2/c1-3-5-6-7-8-9-18-13(17)12-11(14)10-15-16(12)4-2/h10H,3-9,14H2,1-2H3. The van der Waals surface area contributed by atoms with Gasteiger partial charge >= 0.3 is 5.97 Å². The third kappa shape index (κ3) is 4.05. The lowest BCUT2D eigenvalue weighted by atomic mass is 10.2. The second-order valence-corrected chi connectivity index (χ2v) is 4.31. The van der Waals surface area contributed by atoms with Crippen molar-refractivity contribution < 1.29 is 9.53 Å². The summed E-state index contributed by atoms with van der Waals surface area (Å²) in [6, 6.07) is 0. The summed E-state index contributed by atoms with van der Waals surface area (Å²) in [6.07, 6.45) is 7.15. The molecule has 0 saturated carbocycles. The van der Waals surface area contributed by atoms with E-state index in [1.165, 1.54) is 25.5 Å². The summed E-state index contributed by atoms with van der Waals surface area (Å²) in [5.74, 6) is -0.373. The average Bonchev–Trinajstić information content (AvgIpc) is 2.74. The van der Waals surface area contributed by atoms with Gasteiger partial charge in [0.15, 0.2) is 5.69 Å². The monoisotopic (exact) mass is 253 g/mol. The van der Waals surface area contributed by atoms with Crippen LogP contribution in [0.15, 0.2) is 6.20 Å². The molecule has 1 aromatic rings. The van der Waals surface area contributed by atoms with Gasteiger partial charge in [-0.25, -0.2) is 4.79 Å². The molecule has 5 nitrogen and oxygen atoms in total. The van der Waals surface area contributed by atoms with Gasteiger partial charge < -0.3 is 10.5 Å². The molecule has 0 aliphatic rings.